The Hall–Kier alpha value is -3.27. The predicted molar refractivity (Wildman–Crippen MR) is 137 cm³/mol. The van der Waals surface area contributed by atoms with Gasteiger partial charge in [0.15, 0.2) is 5.96 Å². The Kier molecular flexibility index (Phi) is 8.03. The molecular weight excluding hydrogens is 502 g/mol. The third-order valence-electron chi connectivity index (χ3n) is 5.21. The van der Waals surface area contributed by atoms with Gasteiger partial charge in [-0.3, -0.25) is 14.6 Å². The van der Waals surface area contributed by atoms with E-state index in [1.165, 1.54) is 6.07 Å². The maximum absolute atomic E-state index is 12.7. The standard InChI is InChI=1S/C24H30BrN5O4/c1-24(2,3)15-6-14(7-16(25)8-15)20(12-22(33)34)30-21(32)13-28-17-9-18(11-19(31)10-17)29-23-26-4-5-27-23/h6-11,20,28,31H,4-5,12-13H2,1-3H3,(H,30,32)(H,33,34)(H2,26,27,29). The van der Waals surface area contributed by atoms with Crippen LogP contribution in [0, 0.1) is 0 Å². The fraction of sp³-hybridized carbons (Fsp3) is 0.375. The summed E-state index contributed by atoms with van der Waals surface area (Å²) >= 11 is 3.50. The third kappa shape index (κ3) is 7.38. The number of halogens is 1. The molecular formula is C24H30BrN5O4. The minimum atomic E-state index is -1.01. The van der Waals surface area contributed by atoms with Gasteiger partial charge in [-0.15, -0.1) is 0 Å². The smallest absolute Gasteiger partial charge is 0.305 e. The number of nitrogens with one attached hydrogen (secondary N) is 4. The van der Waals surface area contributed by atoms with Crippen LogP contribution < -0.4 is 21.3 Å². The Morgan fingerprint density at radius 1 is 1.15 bits per heavy atom. The molecule has 0 spiro atoms. The molecule has 1 amide bonds. The van der Waals surface area contributed by atoms with Crippen LogP contribution in [0.15, 0.2) is 45.9 Å². The molecule has 2 aromatic carbocycles. The van der Waals surface area contributed by atoms with Gasteiger partial charge < -0.3 is 31.5 Å². The van der Waals surface area contributed by atoms with Crippen molar-refractivity contribution in [3.8, 4) is 5.75 Å². The number of phenolic OH excluding ortho intramolecular Hbond substituents is 1. The number of carboxylic acid groups (broad SMARTS) is 1. The van der Waals surface area contributed by atoms with Crippen LogP contribution in [-0.4, -0.2) is 47.7 Å². The molecule has 1 heterocycles. The topological polar surface area (TPSA) is 135 Å². The monoisotopic (exact) mass is 531 g/mol. The molecule has 0 bridgehead atoms. The van der Waals surface area contributed by atoms with Gasteiger partial charge in [-0.25, -0.2) is 0 Å². The van der Waals surface area contributed by atoms with Gasteiger partial charge in [-0.05, 0) is 34.7 Å². The lowest BCUT2D eigenvalue weighted by Crippen LogP contribution is -2.34. The van der Waals surface area contributed by atoms with Gasteiger partial charge in [0.2, 0.25) is 5.91 Å². The van der Waals surface area contributed by atoms with E-state index in [2.05, 4.69) is 63.0 Å². The highest BCUT2D eigenvalue weighted by molar-refractivity contribution is 9.10. The number of rotatable bonds is 8. The van der Waals surface area contributed by atoms with Crippen LogP contribution in [0.1, 0.15) is 44.4 Å². The van der Waals surface area contributed by atoms with Crippen molar-refractivity contribution in [2.24, 2.45) is 4.99 Å². The van der Waals surface area contributed by atoms with E-state index in [9.17, 15) is 19.8 Å². The Bertz CT molecular complexity index is 1100. The lowest BCUT2D eigenvalue weighted by atomic mass is 9.85. The molecule has 0 aliphatic carbocycles. The number of guanidine groups is 1. The number of aliphatic carboxylic acids is 1. The van der Waals surface area contributed by atoms with Crippen LogP contribution >= 0.6 is 15.9 Å². The van der Waals surface area contributed by atoms with E-state index in [0.717, 1.165) is 16.6 Å². The number of hydrogen-bond acceptors (Lipinski definition) is 7. The molecule has 1 unspecified atom stereocenters. The van der Waals surface area contributed by atoms with Gasteiger partial charge >= 0.3 is 5.97 Å². The fourth-order valence-corrected chi connectivity index (χ4v) is 4.02. The first-order valence-corrected chi connectivity index (χ1v) is 11.7. The van der Waals surface area contributed by atoms with Crippen LogP contribution in [0.25, 0.3) is 0 Å². The van der Waals surface area contributed by atoms with E-state index in [1.54, 1.807) is 12.1 Å². The highest BCUT2D eigenvalue weighted by Crippen LogP contribution is 2.30. The maximum Gasteiger partial charge on any atom is 0.305 e. The van der Waals surface area contributed by atoms with Crippen molar-refractivity contribution >= 4 is 45.1 Å². The minimum absolute atomic E-state index is 0.0269. The number of phenols is 1. The normalized spacial score (nSPS) is 14.1. The van der Waals surface area contributed by atoms with Crippen molar-refractivity contribution in [3.05, 3.63) is 52.0 Å². The number of anilines is 2. The second-order valence-electron chi connectivity index (χ2n) is 9.15. The molecule has 182 valence electrons. The molecule has 1 aliphatic heterocycles. The fourth-order valence-electron chi connectivity index (χ4n) is 3.50. The number of carbonyl (C=O) groups excluding carboxylic acids is 1. The third-order valence-corrected chi connectivity index (χ3v) is 5.67. The first kappa shape index (κ1) is 25.4. The molecule has 2 aromatic rings. The lowest BCUT2D eigenvalue weighted by Gasteiger charge is -2.24. The predicted octanol–water partition coefficient (Wildman–Crippen LogP) is 3.57. The average Bonchev–Trinajstić information content (AvgIpc) is 3.23. The van der Waals surface area contributed by atoms with Crippen LogP contribution in [-0.2, 0) is 15.0 Å². The van der Waals surface area contributed by atoms with Crippen molar-refractivity contribution in [2.75, 3.05) is 30.3 Å². The number of nitrogens with zero attached hydrogens (tertiary/aromatic N) is 1. The van der Waals surface area contributed by atoms with Crippen LogP contribution in [0.4, 0.5) is 11.4 Å². The lowest BCUT2D eigenvalue weighted by molar-refractivity contribution is -0.137. The summed E-state index contributed by atoms with van der Waals surface area (Å²) in [6.07, 6.45) is -0.249. The molecule has 9 nitrogen and oxygen atoms in total. The van der Waals surface area contributed by atoms with Crippen LogP contribution in [0.2, 0.25) is 0 Å². The number of benzene rings is 2. The van der Waals surface area contributed by atoms with Gasteiger partial charge in [0.1, 0.15) is 5.75 Å². The summed E-state index contributed by atoms with van der Waals surface area (Å²) in [6.45, 7) is 7.54. The highest BCUT2D eigenvalue weighted by Gasteiger charge is 2.22. The Balaban J connectivity index is 1.70. The Labute approximate surface area is 207 Å². The molecule has 3 rings (SSSR count). The molecule has 0 radical (unpaired) electrons. The van der Waals surface area contributed by atoms with Crippen molar-refractivity contribution in [2.45, 2.75) is 38.6 Å². The number of amides is 1. The van der Waals surface area contributed by atoms with Crippen molar-refractivity contribution in [1.29, 1.82) is 0 Å². The van der Waals surface area contributed by atoms with E-state index in [0.29, 0.717) is 29.4 Å². The van der Waals surface area contributed by atoms with Gasteiger partial charge in [0.05, 0.1) is 25.6 Å². The highest BCUT2D eigenvalue weighted by atomic mass is 79.9. The maximum atomic E-state index is 12.7. The Morgan fingerprint density at radius 2 is 1.88 bits per heavy atom. The molecule has 1 aliphatic rings. The summed E-state index contributed by atoms with van der Waals surface area (Å²) in [5, 5.41) is 31.4. The van der Waals surface area contributed by atoms with Crippen LogP contribution in [0.3, 0.4) is 0 Å². The van der Waals surface area contributed by atoms with Gasteiger partial charge in [-0.1, -0.05) is 42.8 Å². The molecule has 10 heteroatoms. The number of carbonyl (C=O) groups is 2. The summed E-state index contributed by atoms with van der Waals surface area (Å²) in [7, 11) is 0. The molecule has 0 saturated carbocycles. The average molecular weight is 532 g/mol. The summed E-state index contributed by atoms with van der Waals surface area (Å²) < 4.78 is 0.818. The van der Waals surface area contributed by atoms with E-state index in [4.69, 9.17) is 0 Å². The van der Waals surface area contributed by atoms with E-state index in [1.807, 2.05) is 18.2 Å². The van der Waals surface area contributed by atoms with E-state index in [-0.39, 0.29) is 30.0 Å². The largest absolute Gasteiger partial charge is 0.508 e. The molecule has 0 saturated heterocycles. The van der Waals surface area contributed by atoms with Gasteiger partial charge in [0.25, 0.3) is 0 Å². The SMILES string of the molecule is CC(C)(C)c1cc(Br)cc(C(CC(=O)O)NC(=O)CNc2cc(O)cc(NC3=NCCN3)c2)c1. The van der Waals surface area contributed by atoms with Crippen LogP contribution in [0.5, 0.6) is 5.75 Å². The number of carboxylic acids is 1. The number of aromatic hydroxyl groups is 1. The zero-order chi connectivity index (χ0) is 24.9. The van der Waals surface area contributed by atoms with Gasteiger partial charge in [-0.2, -0.15) is 0 Å². The quantitative estimate of drug-likeness (QED) is 0.306. The van der Waals surface area contributed by atoms with Crippen molar-refractivity contribution in [1.82, 2.24) is 10.6 Å². The second-order valence-corrected chi connectivity index (χ2v) is 10.1. The molecule has 0 aromatic heterocycles. The molecule has 6 N–H and O–H groups in total. The summed E-state index contributed by atoms with van der Waals surface area (Å²) in [5.74, 6) is -0.737. The Morgan fingerprint density at radius 3 is 2.53 bits per heavy atom. The second kappa shape index (κ2) is 10.8. The summed E-state index contributed by atoms with van der Waals surface area (Å²) in [4.78, 5) is 28.5. The summed E-state index contributed by atoms with van der Waals surface area (Å²) in [6, 6.07) is 9.84. The van der Waals surface area contributed by atoms with E-state index >= 15 is 0 Å². The van der Waals surface area contributed by atoms with Crippen molar-refractivity contribution < 1.29 is 19.8 Å². The van der Waals surface area contributed by atoms with Crippen molar-refractivity contribution in [3.63, 3.8) is 0 Å². The zero-order valence-corrected chi connectivity index (χ0v) is 21.0. The number of hydrogen-bond donors (Lipinski definition) is 6. The molecule has 0 fully saturated rings. The molecule has 34 heavy (non-hydrogen) atoms. The zero-order valence-electron chi connectivity index (χ0n) is 19.4. The number of aliphatic imine (C=N–C) groups is 1. The first-order chi connectivity index (χ1) is 16.0. The first-order valence-electron chi connectivity index (χ1n) is 10.9. The summed E-state index contributed by atoms with van der Waals surface area (Å²) in [5.41, 5.74) is 2.75. The van der Waals surface area contributed by atoms with Gasteiger partial charge in [0, 0.05) is 34.5 Å². The van der Waals surface area contributed by atoms with E-state index < -0.39 is 12.0 Å². The minimum Gasteiger partial charge on any atom is -0.508 e. The molecule has 1 atom stereocenters.